The van der Waals surface area contributed by atoms with Gasteiger partial charge in [0.25, 0.3) is 0 Å². The minimum atomic E-state index is -5.02. The molecule has 0 saturated carbocycles. The summed E-state index contributed by atoms with van der Waals surface area (Å²) in [5.74, 6) is -2.97. The highest BCUT2D eigenvalue weighted by Gasteiger charge is 2.45. The minimum absolute atomic E-state index is 0.0190. The van der Waals surface area contributed by atoms with Gasteiger partial charge in [0.1, 0.15) is 5.69 Å². The van der Waals surface area contributed by atoms with E-state index in [0.29, 0.717) is 0 Å². The molecular weight excluding hydrogens is 399 g/mol. The van der Waals surface area contributed by atoms with E-state index in [2.05, 4.69) is 0 Å². The molecule has 0 bridgehead atoms. The normalized spacial score (nSPS) is 11.4. The van der Waals surface area contributed by atoms with Crippen molar-refractivity contribution >= 4 is 29.1 Å². The van der Waals surface area contributed by atoms with Crippen LogP contribution >= 0.6 is 11.3 Å². The molecule has 0 fully saturated rings. The second-order valence-corrected chi connectivity index (χ2v) is 6.56. The third-order valence-corrected chi connectivity index (χ3v) is 4.72. The molecule has 152 valence electrons. The third kappa shape index (κ3) is 4.27. The number of thiophene rings is 1. The predicted octanol–water partition coefficient (Wildman–Crippen LogP) is 3.62. The Bertz CT molecular complexity index is 884. The fourth-order valence-corrected chi connectivity index (χ4v) is 3.44. The largest absolute Gasteiger partial charge is 0.466 e. The Morgan fingerprint density at radius 3 is 2.29 bits per heavy atom. The van der Waals surface area contributed by atoms with Crippen LogP contribution in [0.4, 0.5) is 13.2 Å². The summed E-state index contributed by atoms with van der Waals surface area (Å²) in [4.78, 5) is 37.1. The quantitative estimate of drug-likeness (QED) is 0.508. The summed E-state index contributed by atoms with van der Waals surface area (Å²) in [6.07, 6.45) is -5.63. The van der Waals surface area contributed by atoms with Crippen molar-refractivity contribution in [3.05, 3.63) is 44.9 Å². The molecule has 28 heavy (non-hydrogen) atoms. The third-order valence-electron chi connectivity index (χ3n) is 3.86. The second-order valence-electron chi connectivity index (χ2n) is 5.61. The lowest BCUT2D eigenvalue weighted by molar-refractivity contribution is -0.142. The standard InChI is InChI=1S/C18H18F3NO5S/c1-4-26-12(23)9-10-13(17(25)27-5-2)14(18(19,20)21)15(22(10)3)16(24)11-7-6-8-28-11/h6-8H,4-5,9H2,1-3H3. The number of esters is 2. The molecule has 0 atom stereocenters. The van der Waals surface area contributed by atoms with Gasteiger partial charge in [-0.1, -0.05) is 6.07 Å². The van der Waals surface area contributed by atoms with Crippen LogP contribution in [0.2, 0.25) is 0 Å². The van der Waals surface area contributed by atoms with Crippen LogP contribution in [0.25, 0.3) is 0 Å². The molecule has 0 aliphatic heterocycles. The number of ether oxygens (including phenoxy) is 2. The zero-order valence-electron chi connectivity index (χ0n) is 15.4. The van der Waals surface area contributed by atoms with Crippen LogP contribution in [0.15, 0.2) is 17.5 Å². The summed E-state index contributed by atoms with van der Waals surface area (Å²) in [6.45, 7) is 2.84. The highest BCUT2D eigenvalue weighted by Crippen LogP contribution is 2.39. The molecule has 0 unspecified atom stereocenters. The van der Waals surface area contributed by atoms with Crippen molar-refractivity contribution in [2.75, 3.05) is 13.2 Å². The number of hydrogen-bond acceptors (Lipinski definition) is 6. The van der Waals surface area contributed by atoms with Crippen LogP contribution in [0, 0.1) is 0 Å². The van der Waals surface area contributed by atoms with Crippen molar-refractivity contribution in [3.8, 4) is 0 Å². The first-order valence-corrected chi connectivity index (χ1v) is 9.21. The van der Waals surface area contributed by atoms with Crippen molar-refractivity contribution in [1.29, 1.82) is 0 Å². The van der Waals surface area contributed by atoms with Crippen molar-refractivity contribution in [1.82, 2.24) is 4.57 Å². The Morgan fingerprint density at radius 2 is 1.79 bits per heavy atom. The van der Waals surface area contributed by atoms with Crippen molar-refractivity contribution in [2.45, 2.75) is 26.4 Å². The van der Waals surface area contributed by atoms with Gasteiger partial charge in [-0.2, -0.15) is 13.2 Å². The molecule has 0 N–H and O–H groups in total. The van der Waals surface area contributed by atoms with Gasteiger partial charge >= 0.3 is 18.1 Å². The Hall–Kier alpha value is -2.62. The lowest BCUT2D eigenvalue weighted by atomic mass is 10.0. The Morgan fingerprint density at radius 1 is 1.14 bits per heavy atom. The average Bonchev–Trinajstić information content (AvgIpc) is 3.22. The number of halogens is 3. The first-order chi connectivity index (χ1) is 13.1. The van der Waals surface area contributed by atoms with E-state index in [1.807, 2.05) is 0 Å². The lowest BCUT2D eigenvalue weighted by Gasteiger charge is -2.11. The summed E-state index contributed by atoms with van der Waals surface area (Å²) in [7, 11) is 1.20. The number of nitrogens with zero attached hydrogens (tertiary/aromatic N) is 1. The molecule has 0 spiro atoms. The number of aromatic nitrogens is 1. The molecule has 0 aliphatic carbocycles. The topological polar surface area (TPSA) is 74.6 Å². The lowest BCUT2D eigenvalue weighted by Crippen LogP contribution is -2.18. The maximum absolute atomic E-state index is 13.9. The van der Waals surface area contributed by atoms with Crippen LogP contribution in [0.3, 0.4) is 0 Å². The Kier molecular flexibility index (Phi) is 6.65. The van der Waals surface area contributed by atoms with E-state index < -0.39 is 47.1 Å². The summed E-state index contributed by atoms with van der Waals surface area (Å²) < 4.78 is 52.2. The molecule has 0 aromatic carbocycles. The van der Waals surface area contributed by atoms with Gasteiger partial charge in [0, 0.05) is 12.7 Å². The molecule has 0 amide bonds. The van der Waals surface area contributed by atoms with E-state index in [-0.39, 0.29) is 23.8 Å². The molecule has 2 heterocycles. The fraction of sp³-hybridized carbons (Fsp3) is 0.389. The molecule has 2 rings (SSSR count). The SMILES string of the molecule is CCOC(=O)Cc1c(C(=O)OCC)c(C(F)(F)F)c(C(=O)c2cccs2)n1C. The molecule has 0 aliphatic rings. The van der Waals surface area contributed by atoms with E-state index in [1.165, 1.54) is 26.1 Å². The Labute approximate surface area is 162 Å². The van der Waals surface area contributed by atoms with Gasteiger partial charge < -0.3 is 14.0 Å². The van der Waals surface area contributed by atoms with Crippen molar-refractivity contribution < 1.29 is 37.0 Å². The number of carbonyl (C=O) groups is 3. The maximum atomic E-state index is 13.9. The van der Waals surface area contributed by atoms with Crippen LogP contribution < -0.4 is 0 Å². The molecular formula is C18H18F3NO5S. The van der Waals surface area contributed by atoms with Crippen LogP contribution in [0.1, 0.15) is 50.8 Å². The summed E-state index contributed by atoms with van der Waals surface area (Å²) >= 11 is 0.972. The number of alkyl halides is 3. The van der Waals surface area contributed by atoms with Crippen LogP contribution in [-0.2, 0) is 33.9 Å². The highest BCUT2D eigenvalue weighted by atomic mass is 32.1. The fourth-order valence-electron chi connectivity index (χ4n) is 2.78. The molecule has 0 saturated heterocycles. The monoisotopic (exact) mass is 417 g/mol. The second kappa shape index (κ2) is 8.59. The number of carbonyl (C=O) groups excluding carboxylic acids is 3. The van der Waals surface area contributed by atoms with Gasteiger partial charge in [-0.25, -0.2) is 4.79 Å². The van der Waals surface area contributed by atoms with Gasteiger partial charge in [-0.05, 0) is 25.3 Å². The van der Waals surface area contributed by atoms with E-state index >= 15 is 0 Å². The Balaban J connectivity index is 2.78. The minimum Gasteiger partial charge on any atom is -0.466 e. The van der Waals surface area contributed by atoms with Crippen molar-refractivity contribution in [2.24, 2.45) is 7.05 Å². The molecule has 0 radical (unpaired) electrons. The maximum Gasteiger partial charge on any atom is 0.419 e. The summed E-state index contributed by atoms with van der Waals surface area (Å²) in [5, 5.41) is 1.55. The van der Waals surface area contributed by atoms with E-state index in [9.17, 15) is 27.6 Å². The van der Waals surface area contributed by atoms with Crippen LogP contribution in [-0.4, -0.2) is 35.5 Å². The van der Waals surface area contributed by atoms with Crippen LogP contribution in [0.5, 0.6) is 0 Å². The zero-order chi connectivity index (χ0) is 21.1. The van der Waals surface area contributed by atoms with Gasteiger partial charge in [0.05, 0.1) is 35.6 Å². The summed E-state index contributed by atoms with van der Waals surface area (Å²) in [5.41, 5.74) is -3.27. The van der Waals surface area contributed by atoms with Gasteiger partial charge in [-0.15, -0.1) is 11.3 Å². The van der Waals surface area contributed by atoms with Gasteiger partial charge in [-0.3, -0.25) is 9.59 Å². The van der Waals surface area contributed by atoms with E-state index in [1.54, 1.807) is 12.3 Å². The number of rotatable bonds is 7. The number of hydrogen-bond donors (Lipinski definition) is 0. The first kappa shape index (κ1) is 21.7. The van der Waals surface area contributed by atoms with E-state index in [4.69, 9.17) is 9.47 Å². The van der Waals surface area contributed by atoms with Gasteiger partial charge in [0.2, 0.25) is 5.78 Å². The molecule has 6 nitrogen and oxygen atoms in total. The molecule has 2 aromatic heterocycles. The van der Waals surface area contributed by atoms with Gasteiger partial charge in [0.15, 0.2) is 0 Å². The highest BCUT2D eigenvalue weighted by molar-refractivity contribution is 7.12. The molecule has 10 heteroatoms. The predicted molar refractivity (Wildman–Crippen MR) is 94.5 cm³/mol. The number of ketones is 1. The average molecular weight is 417 g/mol. The van der Waals surface area contributed by atoms with Crippen molar-refractivity contribution in [3.63, 3.8) is 0 Å². The zero-order valence-corrected chi connectivity index (χ0v) is 16.2. The smallest absolute Gasteiger partial charge is 0.419 e. The molecule has 2 aromatic rings. The van der Waals surface area contributed by atoms with E-state index in [0.717, 1.165) is 15.9 Å². The first-order valence-electron chi connectivity index (χ1n) is 8.33. The summed E-state index contributed by atoms with van der Waals surface area (Å²) in [6, 6.07) is 2.91.